The Balaban J connectivity index is 1.71. The van der Waals surface area contributed by atoms with Gasteiger partial charge in [0, 0.05) is 11.3 Å². The number of nitrogens with one attached hydrogen (secondary N) is 2. The number of aryl methyl sites for hydroxylation is 1. The van der Waals surface area contributed by atoms with Gasteiger partial charge in [-0.1, -0.05) is 37.3 Å². The first kappa shape index (κ1) is 20.1. The highest BCUT2D eigenvalue weighted by Gasteiger charge is 2.17. The smallest absolute Gasteiger partial charge is 0.271 e. The van der Waals surface area contributed by atoms with E-state index >= 15 is 0 Å². The molecule has 0 bridgehead atoms. The molecule has 0 saturated carbocycles. The lowest BCUT2D eigenvalue weighted by Crippen LogP contribution is -2.28. The summed E-state index contributed by atoms with van der Waals surface area (Å²) in [6.07, 6.45) is 0.773. The molecule has 3 aromatic rings. The second-order valence-electron chi connectivity index (χ2n) is 6.41. The van der Waals surface area contributed by atoms with Crippen molar-refractivity contribution >= 4 is 33.0 Å². The van der Waals surface area contributed by atoms with Crippen molar-refractivity contribution in [2.45, 2.75) is 30.5 Å². The highest BCUT2D eigenvalue weighted by molar-refractivity contribution is 7.94. The van der Waals surface area contributed by atoms with Crippen LogP contribution >= 0.6 is 11.3 Å². The summed E-state index contributed by atoms with van der Waals surface area (Å²) in [7, 11) is -3.60. The molecule has 3 rings (SSSR count). The van der Waals surface area contributed by atoms with Crippen LogP contribution in [-0.4, -0.2) is 14.3 Å². The van der Waals surface area contributed by atoms with Crippen molar-refractivity contribution in [1.29, 1.82) is 0 Å². The number of carbonyl (C=O) groups is 1. The van der Waals surface area contributed by atoms with Crippen molar-refractivity contribution in [2.75, 3.05) is 4.72 Å². The third kappa shape index (κ3) is 4.61. The fourth-order valence-electron chi connectivity index (χ4n) is 2.93. The molecule has 0 saturated heterocycles. The van der Waals surface area contributed by atoms with Crippen LogP contribution in [0.3, 0.4) is 0 Å². The molecule has 0 unspecified atom stereocenters. The summed E-state index contributed by atoms with van der Waals surface area (Å²) in [6, 6.07) is 17.6. The van der Waals surface area contributed by atoms with E-state index in [-0.39, 0.29) is 16.2 Å². The number of hydrogen-bond acceptors (Lipinski definition) is 4. The lowest BCUT2D eigenvalue weighted by molar-refractivity contribution is 0.0935. The molecule has 5 nitrogen and oxygen atoms in total. The molecule has 1 heterocycles. The maximum atomic E-state index is 12.6. The molecule has 0 radical (unpaired) electrons. The Hall–Kier alpha value is -2.64. The molecule has 0 spiro atoms. The van der Waals surface area contributed by atoms with E-state index in [1.54, 1.807) is 41.8 Å². The zero-order chi connectivity index (χ0) is 20.1. The number of sulfonamides is 1. The Bertz CT molecular complexity index is 1040. The van der Waals surface area contributed by atoms with Gasteiger partial charge in [0.1, 0.15) is 4.21 Å². The molecule has 0 aliphatic carbocycles. The van der Waals surface area contributed by atoms with Crippen LogP contribution in [0, 0.1) is 6.92 Å². The van der Waals surface area contributed by atoms with Gasteiger partial charge < -0.3 is 5.32 Å². The zero-order valence-electron chi connectivity index (χ0n) is 15.7. The lowest BCUT2D eigenvalue weighted by Gasteiger charge is -2.19. The topological polar surface area (TPSA) is 75.3 Å². The van der Waals surface area contributed by atoms with Gasteiger partial charge in [-0.2, -0.15) is 0 Å². The van der Waals surface area contributed by atoms with E-state index in [1.165, 1.54) is 0 Å². The molecule has 0 aliphatic rings. The van der Waals surface area contributed by atoms with Gasteiger partial charge in [-0.3, -0.25) is 9.52 Å². The van der Waals surface area contributed by atoms with Gasteiger partial charge in [-0.05, 0) is 60.2 Å². The number of carbonyl (C=O) groups excluding carboxylic acids is 1. The Labute approximate surface area is 169 Å². The first-order chi connectivity index (χ1) is 13.4. The molecule has 0 aliphatic heterocycles. The maximum absolute atomic E-state index is 12.6. The Morgan fingerprint density at radius 1 is 1.04 bits per heavy atom. The van der Waals surface area contributed by atoms with E-state index in [2.05, 4.69) is 10.0 Å². The van der Waals surface area contributed by atoms with Crippen LogP contribution in [0.15, 0.2) is 70.3 Å². The molecule has 2 N–H and O–H groups in total. The molecule has 1 amide bonds. The van der Waals surface area contributed by atoms with Crippen molar-refractivity contribution in [2.24, 2.45) is 0 Å². The van der Waals surface area contributed by atoms with Gasteiger partial charge in [0.05, 0.1) is 6.04 Å². The van der Waals surface area contributed by atoms with Crippen LogP contribution in [0.1, 0.15) is 40.9 Å². The maximum Gasteiger partial charge on any atom is 0.271 e. The number of benzene rings is 2. The van der Waals surface area contributed by atoms with Gasteiger partial charge in [-0.25, -0.2) is 8.42 Å². The number of anilines is 1. The molecule has 0 fully saturated rings. The van der Waals surface area contributed by atoms with Crippen LogP contribution < -0.4 is 10.0 Å². The van der Waals surface area contributed by atoms with Crippen LogP contribution in [0.4, 0.5) is 5.69 Å². The molecule has 1 atom stereocenters. The number of rotatable bonds is 7. The first-order valence-corrected chi connectivity index (χ1v) is 11.3. The lowest BCUT2D eigenvalue weighted by atomic mass is 9.99. The molecule has 146 valence electrons. The third-order valence-electron chi connectivity index (χ3n) is 4.44. The average molecular weight is 415 g/mol. The van der Waals surface area contributed by atoms with Crippen LogP contribution in [0.25, 0.3) is 0 Å². The van der Waals surface area contributed by atoms with Crippen LogP contribution in [-0.2, 0) is 10.0 Å². The van der Waals surface area contributed by atoms with Crippen molar-refractivity contribution in [3.05, 3.63) is 82.7 Å². The predicted octanol–water partition coefficient (Wildman–Crippen LogP) is 4.74. The third-order valence-corrected chi connectivity index (χ3v) is 7.22. The van der Waals surface area contributed by atoms with E-state index in [0.29, 0.717) is 11.3 Å². The normalized spacial score (nSPS) is 12.4. The Morgan fingerprint density at radius 3 is 2.36 bits per heavy atom. The van der Waals surface area contributed by atoms with E-state index in [4.69, 9.17) is 0 Å². The minimum atomic E-state index is -3.60. The molecule has 2 aromatic carbocycles. The standard InChI is InChI=1S/C21H22N2O3S2/c1-3-19(18-8-5-4-7-15(18)2)22-21(24)16-10-12-17(13-11-16)23-28(25,26)20-9-6-14-27-20/h4-14,19,23H,3H2,1-2H3,(H,22,24)/t19-/m0/s1. The Kier molecular flexibility index (Phi) is 6.16. The summed E-state index contributed by atoms with van der Waals surface area (Å²) in [5.74, 6) is -0.192. The van der Waals surface area contributed by atoms with E-state index < -0.39 is 10.0 Å². The second kappa shape index (κ2) is 8.58. The second-order valence-corrected chi connectivity index (χ2v) is 9.26. The number of amides is 1. The van der Waals surface area contributed by atoms with Gasteiger partial charge in [0.15, 0.2) is 0 Å². The summed E-state index contributed by atoms with van der Waals surface area (Å²) in [5.41, 5.74) is 3.12. The highest BCUT2D eigenvalue weighted by atomic mass is 32.2. The average Bonchev–Trinajstić information content (AvgIpc) is 3.23. The van der Waals surface area contributed by atoms with Gasteiger partial charge >= 0.3 is 0 Å². The molecular weight excluding hydrogens is 392 g/mol. The summed E-state index contributed by atoms with van der Waals surface area (Å²) in [4.78, 5) is 12.6. The molecule has 7 heteroatoms. The number of thiophene rings is 1. The highest BCUT2D eigenvalue weighted by Crippen LogP contribution is 2.22. The summed E-state index contributed by atoms with van der Waals surface area (Å²) in [6.45, 7) is 4.05. The predicted molar refractivity (Wildman–Crippen MR) is 113 cm³/mol. The van der Waals surface area contributed by atoms with Crippen molar-refractivity contribution in [3.8, 4) is 0 Å². The van der Waals surface area contributed by atoms with E-state index in [0.717, 1.165) is 28.9 Å². The molecule has 1 aromatic heterocycles. The monoisotopic (exact) mass is 414 g/mol. The van der Waals surface area contributed by atoms with Gasteiger partial charge in [-0.15, -0.1) is 11.3 Å². The molecular formula is C21H22N2O3S2. The van der Waals surface area contributed by atoms with Gasteiger partial charge in [0.25, 0.3) is 15.9 Å². The fourth-order valence-corrected chi connectivity index (χ4v) is 4.98. The van der Waals surface area contributed by atoms with Crippen molar-refractivity contribution in [3.63, 3.8) is 0 Å². The largest absolute Gasteiger partial charge is 0.345 e. The van der Waals surface area contributed by atoms with E-state index in [9.17, 15) is 13.2 Å². The van der Waals surface area contributed by atoms with Gasteiger partial charge in [0.2, 0.25) is 0 Å². The van der Waals surface area contributed by atoms with Crippen molar-refractivity contribution < 1.29 is 13.2 Å². The SMILES string of the molecule is CC[C@H](NC(=O)c1ccc(NS(=O)(=O)c2cccs2)cc1)c1ccccc1C. The summed E-state index contributed by atoms with van der Waals surface area (Å²) < 4.78 is 27.3. The zero-order valence-corrected chi connectivity index (χ0v) is 17.3. The van der Waals surface area contributed by atoms with Crippen LogP contribution in [0.2, 0.25) is 0 Å². The molecule has 28 heavy (non-hydrogen) atoms. The summed E-state index contributed by atoms with van der Waals surface area (Å²) >= 11 is 1.15. The Morgan fingerprint density at radius 2 is 1.75 bits per heavy atom. The minimum Gasteiger partial charge on any atom is -0.345 e. The van der Waals surface area contributed by atoms with Crippen LogP contribution in [0.5, 0.6) is 0 Å². The fraction of sp³-hybridized carbons (Fsp3) is 0.190. The quantitative estimate of drug-likeness (QED) is 0.586. The first-order valence-electron chi connectivity index (χ1n) is 8.93. The number of hydrogen-bond donors (Lipinski definition) is 2. The van der Waals surface area contributed by atoms with Crippen molar-refractivity contribution in [1.82, 2.24) is 5.32 Å². The minimum absolute atomic E-state index is 0.0780. The summed E-state index contributed by atoms with van der Waals surface area (Å²) in [5, 5.41) is 4.76. The van der Waals surface area contributed by atoms with E-state index in [1.807, 2.05) is 38.1 Å².